The number of nitrogens with one attached hydrogen (secondary N) is 2. The minimum atomic E-state index is -0.968. The number of fused-ring (bicyclic) bond motifs is 1. The number of hydrogen-bond acceptors (Lipinski definition) is 5. The van der Waals surface area contributed by atoms with Crippen LogP contribution >= 0.6 is 0 Å². The maximum atomic E-state index is 12.5. The lowest BCUT2D eigenvalue weighted by Crippen LogP contribution is -2.24. The standard InChI is InChI=1S/C19H17N3O4/c1-11(18(24)13-7-9-14(10-8-13)20-12(2)23)26-19(25)17-15-5-3-4-6-16(15)21-22-17/h3-11H,1-2H3,(H,20,23)(H,21,22)/t11-/m1/s1. The molecule has 0 fully saturated rings. The molecule has 1 aromatic heterocycles. The van der Waals surface area contributed by atoms with Gasteiger partial charge < -0.3 is 10.1 Å². The second-order valence-corrected chi connectivity index (χ2v) is 5.79. The first-order chi connectivity index (χ1) is 12.5. The summed E-state index contributed by atoms with van der Waals surface area (Å²) in [7, 11) is 0. The molecule has 7 heteroatoms. The van der Waals surface area contributed by atoms with Gasteiger partial charge in [0.05, 0.1) is 5.52 Å². The van der Waals surface area contributed by atoms with Crippen LogP contribution in [0.25, 0.3) is 10.9 Å². The van der Waals surface area contributed by atoms with Crippen molar-refractivity contribution in [2.24, 2.45) is 0 Å². The fraction of sp³-hybridized carbons (Fsp3) is 0.158. The predicted octanol–water partition coefficient (Wildman–Crippen LogP) is 2.95. The number of para-hydroxylation sites is 1. The summed E-state index contributed by atoms with van der Waals surface area (Å²) in [5.41, 5.74) is 1.82. The summed E-state index contributed by atoms with van der Waals surface area (Å²) in [4.78, 5) is 35.8. The summed E-state index contributed by atoms with van der Waals surface area (Å²) in [6.07, 6.45) is -0.968. The third kappa shape index (κ3) is 3.61. The number of amides is 1. The van der Waals surface area contributed by atoms with Gasteiger partial charge in [-0.15, -0.1) is 0 Å². The minimum absolute atomic E-state index is 0.140. The number of esters is 1. The van der Waals surface area contributed by atoms with Crippen molar-refractivity contribution >= 4 is 34.3 Å². The summed E-state index contributed by atoms with van der Waals surface area (Å²) in [6.45, 7) is 2.91. The smallest absolute Gasteiger partial charge is 0.360 e. The summed E-state index contributed by atoms with van der Waals surface area (Å²) < 4.78 is 5.27. The van der Waals surface area contributed by atoms with Crippen LogP contribution < -0.4 is 5.32 Å². The Hall–Kier alpha value is -3.48. The lowest BCUT2D eigenvalue weighted by molar-refractivity contribution is -0.114. The molecule has 0 unspecified atom stereocenters. The number of anilines is 1. The number of aromatic amines is 1. The molecule has 2 N–H and O–H groups in total. The van der Waals surface area contributed by atoms with Gasteiger partial charge in [0.25, 0.3) is 0 Å². The highest BCUT2D eigenvalue weighted by atomic mass is 16.5. The molecule has 0 spiro atoms. The zero-order valence-corrected chi connectivity index (χ0v) is 14.3. The van der Waals surface area contributed by atoms with Gasteiger partial charge in [-0.3, -0.25) is 14.7 Å². The summed E-state index contributed by atoms with van der Waals surface area (Å²) in [5.74, 6) is -1.21. The number of H-pyrrole nitrogens is 1. The number of carbonyl (C=O) groups excluding carboxylic acids is 3. The Morgan fingerprint density at radius 1 is 1.08 bits per heavy atom. The number of carbonyl (C=O) groups is 3. The van der Waals surface area contributed by atoms with Gasteiger partial charge in [0.15, 0.2) is 11.8 Å². The average molecular weight is 351 g/mol. The SMILES string of the molecule is CC(=O)Nc1ccc(C(=O)[C@@H](C)OC(=O)c2n[nH]c3ccccc23)cc1. The molecule has 0 radical (unpaired) electrons. The van der Waals surface area contributed by atoms with Crippen molar-refractivity contribution in [2.45, 2.75) is 20.0 Å². The number of hydrogen-bond donors (Lipinski definition) is 2. The Labute approximate surface area is 149 Å². The molecule has 3 rings (SSSR count). The van der Waals surface area contributed by atoms with Crippen molar-refractivity contribution in [2.75, 3.05) is 5.32 Å². The Kier molecular flexibility index (Phi) is 4.79. The quantitative estimate of drug-likeness (QED) is 0.544. The Morgan fingerprint density at radius 2 is 1.77 bits per heavy atom. The van der Waals surface area contributed by atoms with Crippen LogP contribution in [-0.2, 0) is 9.53 Å². The fourth-order valence-corrected chi connectivity index (χ4v) is 2.54. The first-order valence-electron chi connectivity index (χ1n) is 8.01. The molecule has 132 valence electrons. The van der Waals surface area contributed by atoms with Crippen molar-refractivity contribution in [3.63, 3.8) is 0 Å². The van der Waals surface area contributed by atoms with Gasteiger partial charge in [0.2, 0.25) is 11.7 Å². The zero-order valence-electron chi connectivity index (χ0n) is 14.3. The van der Waals surface area contributed by atoms with Crippen molar-refractivity contribution in [1.82, 2.24) is 10.2 Å². The molecular formula is C19H17N3O4. The minimum Gasteiger partial charge on any atom is -0.449 e. The topological polar surface area (TPSA) is 101 Å². The third-order valence-electron chi connectivity index (χ3n) is 3.81. The maximum absolute atomic E-state index is 12.5. The van der Waals surface area contributed by atoms with Gasteiger partial charge in [-0.2, -0.15) is 5.10 Å². The first-order valence-corrected chi connectivity index (χ1v) is 8.01. The molecule has 2 aromatic carbocycles. The van der Waals surface area contributed by atoms with Gasteiger partial charge in [0, 0.05) is 23.6 Å². The summed E-state index contributed by atoms with van der Waals surface area (Å²) in [6, 6.07) is 13.5. The Bertz CT molecular complexity index is 976. The number of ketones is 1. The number of nitrogens with zero attached hydrogens (tertiary/aromatic N) is 1. The normalized spacial score (nSPS) is 11.8. The number of ether oxygens (including phenoxy) is 1. The molecule has 3 aromatic rings. The Morgan fingerprint density at radius 3 is 2.46 bits per heavy atom. The number of benzene rings is 2. The monoisotopic (exact) mass is 351 g/mol. The molecule has 7 nitrogen and oxygen atoms in total. The molecule has 0 aliphatic heterocycles. The van der Waals surface area contributed by atoms with E-state index in [0.29, 0.717) is 22.2 Å². The van der Waals surface area contributed by atoms with Crippen molar-refractivity contribution in [3.05, 3.63) is 59.8 Å². The van der Waals surface area contributed by atoms with Crippen molar-refractivity contribution in [1.29, 1.82) is 0 Å². The van der Waals surface area contributed by atoms with Crippen molar-refractivity contribution < 1.29 is 19.1 Å². The molecule has 0 aliphatic rings. The fourth-order valence-electron chi connectivity index (χ4n) is 2.54. The van der Waals surface area contributed by atoms with E-state index in [0.717, 1.165) is 0 Å². The molecule has 26 heavy (non-hydrogen) atoms. The van der Waals surface area contributed by atoms with Crippen LogP contribution in [0.4, 0.5) is 5.69 Å². The van der Waals surface area contributed by atoms with Crippen LogP contribution in [0.1, 0.15) is 34.7 Å². The first kappa shape index (κ1) is 17.3. The summed E-state index contributed by atoms with van der Waals surface area (Å²) in [5, 5.41) is 9.98. The third-order valence-corrected chi connectivity index (χ3v) is 3.81. The van der Waals surface area contributed by atoms with E-state index in [-0.39, 0.29) is 17.4 Å². The van der Waals surface area contributed by atoms with Gasteiger partial charge in [0.1, 0.15) is 0 Å². The highest BCUT2D eigenvalue weighted by Gasteiger charge is 2.23. The van der Waals surface area contributed by atoms with Gasteiger partial charge in [-0.25, -0.2) is 4.79 Å². The van der Waals surface area contributed by atoms with Gasteiger partial charge in [-0.1, -0.05) is 18.2 Å². The van der Waals surface area contributed by atoms with Gasteiger partial charge >= 0.3 is 5.97 Å². The zero-order chi connectivity index (χ0) is 18.7. The van der Waals surface area contributed by atoms with E-state index in [9.17, 15) is 14.4 Å². The lowest BCUT2D eigenvalue weighted by Gasteiger charge is -2.12. The van der Waals surface area contributed by atoms with Gasteiger partial charge in [-0.05, 0) is 37.3 Å². The molecular weight excluding hydrogens is 334 g/mol. The average Bonchev–Trinajstić information content (AvgIpc) is 3.05. The maximum Gasteiger partial charge on any atom is 0.360 e. The number of rotatable bonds is 5. The highest BCUT2D eigenvalue weighted by Crippen LogP contribution is 2.18. The molecule has 1 atom stereocenters. The van der Waals surface area contributed by atoms with Crippen LogP contribution in [0.2, 0.25) is 0 Å². The second kappa shape index (κ2) is 7.18. The van der Waals surface area contributed by atoms with E-state index in [1.54, 1.807) is 42.5 Å². The molecule has 0 saturated carbocycles. The highest BCUT2D eigenvalue weighted by molar-refractivity contribution is 6.05. The molecule has 0 saturated heterocycles. The van der Waals surface area contributed by atoms with Crippen molar-refractivity contribution in [3.8, 4) is 0 Å². The summed E-state index contributed by atoms with van der Waals surface area (Å²) >= 11 is 0. The second-order valence-electron chi connectivity index (χ2n) is 5.79. The number of aromatic nitrogens is 2. The van der Waals surface area contributed by atoms with Crippen LogP contribution in [0.3, 0.4) is 0 Å². The van der Waals surface area contributed by atoms with E-state index in [1.807, 2.05) is 6.07 Å². The molecule has 1 amide bonds. The lowest BCUT2D eigenvalue weighted by atomic mass is 10.1. The molecule has 0 bridgehead atoms. The molecule has 1 heterocycles. The van der Waals surface area contributed by atoms with Crippen LogP contribution in [-0.4, -0.2) is 34.0 Å². The van der Waals surface area contributed by atoms with Crippen LogP contribution in [0.15, 0.2) is 48.5 Å². The van der Waals surface area contributed by atoms with E-state index < -0.39 is 12.1 Å². The van der Waals surface area contributed by atoms with E-state index >= 15 is 0 Å². The van der Waals surface area contributed by atoms with Crippen LogP contribution in [0, 0.1) is 0 Å². The van der Waals surface area contributed by atoms with Crippen LogP contribution in [0.5, 0.6) is 0 Å². The van der Waals surface area contributed by atoms with E-state index in [2.05, 4.69) is 15.5 Å². The Balaban J connectivity index is 1.70. The predicted molar refractivity (Wildman–Crippen MR) is 96.0 cm³/mol. The molecule has 0 aliphatic carbocycles. The number of Topliss-reactive ketones (excluding diaryl/α,β-unsaturated/α-hetero) is 1. The van der Waals surface area contributed by atoms with E-state index in [1.165, 1.54) is 13.8 Å². The van der Waals surface area contributed by atoms with E-state index in [4.69, 9.17) is 4.74 Å². The largest absolute Gasteiger partial charge is 0.449 e.